The maximum Gasteiger partial charge on any atom is 0.173 e. The molecule has 1 fully saturated rings. The lowest BCUT2D eigenvalue weighted by molar-refractivity contribution is 0.0918. The monoisotopic (exact) mass is 458 g/mol. The van der Waals surface area contributed by atoms with Crippen LogP contribution in [0.15, 0.2) is 36.5 Å². The summed E-state index contributed by atoms with van der Waals surface area (Å²) in [5, 5.41) is 10.3. The van der Waals surface area contributed by atoms with Gasteiger partial charge in [0.2, 0.25) is 0 Å². The lowest BCUT2D eigenvalue weighted by atomic mass is 9.75. The second-order valence-corrected chi connectivity index (χ2v) is 10.5. The maximum absolute atomic E-state index is 13.1. The van der Waals surface area contributed by atoms with Crippen molar-refractivity contribution in [2.75, 3.05) is 36.9 Å². The molecular weight excluding hydrogens is 432 g/mol. The fraction of sp³-hybridized carbons (Fsp3) is 0.346. The summed E-state index contributed by atoms with van der Waals surface area (Å²) in [5.41, 5.74) is 12.1. The van der Waals surface area contributed by atoms with Crippen LogP contribution in [0.1, 0.15) is 41.1 Å². The molecule has 2 aliphatic rings. The van der Waals surface area contributed by atoms with Crippen LogP contribution < -0.4 is 10.6 Å². The quantitative estimate of drug-likeness (QED) is 0.560. The number of hydrogen-bond acceptors (Lipinski definition) is 7. The molecule has 2 aromatic heterocycles. The van der Waals surface area contributed by atoms with Crippen molar-refractivity contribution in [3.05, 3.63) is 52.5 Å². The molecule has 0 bridgehead atoms. The number of thiophene rings is 1. The molecule has 3 aromatic rings. The van der Waals surface area contributed by atoms with E-state index >= 15 is 0 Å². The zero-order valence-electron chi connectivity index (χ0n) is 18.9. The first kappa shape index (κ1) is 21.6. The highest BCUT2D eigenvalue weighted by Crippen LogP contribution is 2.49. The molecule has 0 radical (unpaired) electrons. The first-order valence-electron chi connectivity index (χ1n) is 11.1. The molecule has 168 valence electrons. The molecule has 0 amide bonds. The van der Waals surface area contributed by atoms with Gasteiger partial charge in [-0.2, -0.15) is 5.26 Å². The highest BCUT2D eigenvalue weighted by atomic mass is 32.1. The fourth-order valence-corrected chi connectivity index (χ4v) is 6.12. The molecule has 7 heteroatoms. The van der Waals surface area contributed by atoms with Crippen LogP contribution >= 0.6 is 11.3 Å². The fourth-order valence-electron chi connectivity index (χ4n) is 4.79. The van der Waals surface area contributed by atoms with E-state index in [0.717, 1.165) is 57.3 Å². The van der Waals surface area contributed by atoms with Crippen LogP contribution in [0.3, 0.4) is 0 Å². The summed E-state index contributed by atoms with van der Waals surface area (Å²) in [7, 11) is 0. The third kappa shape index (κ3) is 4.01. The van der Waals surface area contributed by atoms with Crippen LogP contribution in [0, 0.1) is 16.7 Å². The second kappa shape index (κ2) is 8.29. The van der Waals surface area contributed by atoms with Gasteiger partial charge in [-0.15, -0.1) is 11.3 Å². The molecule has 6 nitrogen and oxygen atoms in total. The Labute approximate surface area is 197 Å². The number of Topliss-reactive ketones (excluding diaryl/α,β-unsaturated/α-hetero) is 1. The van der Waals surface area contributed by atoms with Gasteiger partial charge in [0.05, 0.1) is 40.4 Å². The van der Waals surface area contributed by atoms with E-state index in [-0.39, 0.29) is 11.2 Å². The molecule has 33 heavy (non-hydrogen) atoms. The Balaban J connectivity index is 1.67. The number of pyridine rings is 1. The number of hydrogen-bond donors (Lipinski definition) is 1. The van der Waals surface area contributed by atoms with Crippen molar-refractivity contribution < 1.29 is 9.53 Å². The first-order chi connectivity index (χ1) is 15.9. The van der Waals surface area contributed by atoms with E-state index in [0.29, 0.717) is 30.9 Å². The van der Waals surface area contributed by atoms with E-state index in [2.05, 4.69) is 35.9 Å². The molecule has 5 rings (SSSR count). The predicted octanol–water partition coefficient (Wildman–Crippen LogP) is 4.92. The van der Waals surface area contributed by atoms with Crippen LogP contribution in [0.25, 0.3) is 22.4 Å². The highest BCUT2D eigenvalue weighted by Gasteiger charge is 2.37. The molecule has 0 atom stereocenters. The number of aromatic nitrogens is 1. The number of nitrogens with zero attached hydrogens (tertiary/aromatic N) is 3. The lowest BCUT2D eigenvalue weighted by Crippen LogP contribution is -2.36. The molecule has 1 aromatic carbocycles. The van der Waals surface area contributed by atoms with Gasteiger partial charge < -0.3 is 15.4 Å². The van der Waals surface area contributed by atoms with Crippen LogP contribution in [-0.4, -0.2) is 37.1 Å². The van der Waals surface area contributed by atoms with Crippen LogP contribution in [-0.2, 0) is 11.2 Å². The van der Waals surface area contributed by atoms with Crippen molar-refractivity contribution >= 4 is 27.8 Å². The number of carbonyl (C=O) groups excluding carboxylic acids is 1. The van der Waals surface area contributed by atoms with E-state index in [1.165, 1.54) is 0 Å². The Hall–Kier alpha value is -3.21. The van der Waals surface area contributed by atoms with Gasteiger partial charge in [0.1, 0.15) is 0 Å². The number of anilines is 2. The number of morpholine rings is 1. The van der Waals surface area contributed by atoms with Gasteiger partial charge in [-0.3, -0.25) is 9.78 Å². The summed E-state index contributed by atoms with van der Waals surface area (Å²) in [4.78, 5) is 20.9. The number of fused-ring (bicyclic) bond motifs is 1. The maximum atomic E-state index is 13.1. The van der Waals surface area contributed by atoms with Crippen LogP contribution in [0.2, 0.25) is 0 Å². The standard InChI is InChI=1S/C26H26N4O2S/c1-26(2)13-19-23(25(30-7-9-32-10-8-30)33-24(19)22(31)14-26)17-5-6-29-21(12-17)18-4-3-16(15-27)11-20(18)28/h3-6,11-12H,7-10,13-14,28H2,1-2H3. The lowest BCUT2D eigenvalue weighted by Gasteiger charge is -2.30. The van der Waals surface area contributed by atoms with E-state index in [1.54, 1.807) is 29.7 Å². The van der Waals surface area contributed by atoms with Crippen molar-refractivity contribution in [3.63, 3.8) is 0 Å². The van der Waals surface area contributed by atoms with E-state index in [9.17, 15) is 4.79 Å². The molecule has 3 heterocycles. The van der Waals surface area contributed by atoms with Gasteiger partial charge in [0.25, 0.3) is 0 Å². The molecule has 0 unspecified atom stereocenters. The largest absolute Gasteiger partial charge is 0.398 e. The van der Waals surface area contributed by atoms with Crippen LogP contribution in [0.5, 0.6) is 0 Å². The SMILES string of the molecule is CC1(C)CC(=O)c2sc(N3CCOCC3)c(-c3ccnc(-c4ccc(C#N)cc4N)c3)c2C1. The van der Waals surface area contributed by atoms with Gasteiger partial charge in [0, 0.05) is 42.5 Å². The Morgan fingerprint density at radius 2 is 1.97 bits per heavy atom. The Bertz CT molecular complexity index is 1280. The minimum absolute atomic E-state index is 0.0738. The molecule has 1 saturated heterocycles. The van der Waals surface area contributed by atoms with E-state index in [1.807, 2.05) is 12.1 Å². The van der Waals surface area contributed by atoms with Gasteiger partial charge >= 0.3 is 0 Å². The van der Waals surface area contributed by atoms with Gasteiger partial charge in [-0.25, -0.2) is 0 Å². The minimum atomic E-state index is -0.0738. The molecule has 1 aliphatic heterocycles. The van der Waals surface area contributed by atoms with Crippen molar-refractivity contribution in [1.29, 1.82) is 5.26 Å². The number of nitrogen functional groups attached to an aromatic ring is 1. The number of ether oxygens (including phenoxy) is 1. The molecule has 0 saturated carbocycles. The number of rotatable bonds is 3. The Morgan fingerprint density at radius 1 is 1.18 bits per heavy atom. The number of ketones is 1. The zero-order valence-corrected chi connectivity index (χ0v) is 19.7. The summed E-state index contributed by atoms with van der Waals surface area (Å²) in [6.45, 7) is 7.32. The molecule has 1 aliphatic carbocycles. The third-order valence-electron chi connectivity index (χ3n) is 6.34. The summed E-state index contributed by atoms with van der Waals surface area (Å²) < 4.78 is 5.58. The molecule has 0 spiro atoms. The average molecular weight is 459 g/mol. The number of benzene rings is 1. The molecular formula is C26H26N4O2S. The summed E-state index contributed by atoms with van der Waals surface area (Å²) in [6, 6.07) is 11.5. The molecule has 2 N–H and O–H groups in total. The van der Waals surface area contributed by atoms with E-state index in [4.69, 9.17) is 15.7 Å². The topological polar surface area (TPSA) is 92.2 Å². The number of carbonyl (C=O) groups is 1. The predicted molar refractivity (Wildman–Crippen MR) is 132 cm³/mol. The smallest absolute Gasteiger partial charge is 0.173 e. The minimum Gasteiger partial charge on any atom is -0.398 e. The Kier molecular flexibility index (Phi) is 5.43. The van der Waals surface area contributed by atoms with Gasteiger partial charge in [-0.05, 0) is 53.3 Å². The van der Waals surface area contributed by atoms with Crippen molar-refractivity contribution in [1.82, 2.24) is 4.98 Å². The average Bonchev–Trinajstić information content (AvgIpc) is 3.18. The van der Waals surface area contributed by atoms with Crippen molar-refractivity contribution in [2.24, 2.45) is 5.41 Å². The van der Waals surface area contributed by atoms with Gasteiger partial charge in [-0.1, -0.05) is 13.8 Å². The van der Waals surface area contributed by atoms with Crippen molar-refractivity contribution in [2.45, 2.75) is 26.7 Å². The Morgan fingerprint density at radius 3 is 2.70 bits per heavy atom. The van der Waals surface area contributed by atoms with Gasteiger partial charge in [0.15, 0.2) is 5.78 Å². The third-order valence-corrected chi connectivity index (χ3v) is 7.67. The first-order valence-corrected chi connectivity index (χ1v) is 12.0. The van der Waals surface area contributed by atoms with E-state index < -0.39 is 0 Å². The second-order valence-electron chi connectivity index (χ2n) is 9.47. The normalized spacial score (nSPS) is 17.5. The van der Waals surface area contributed by atoms with Crippen molar-refractivity contribution in [3.8, 4) is 28.5 Å². The number of nitrogens with two attached hydrogens (primary N) is 1. The summed E-state index contributed by atoms with van der Waals surface area (Å²) in [6.07, 6.45) is 3.23. The summed E-state index contributed by atoms with van der Waals surface area (Å²) in [5.74, 6) is 0.234. The zero-order chi connectivity index (χ0) is 23.2. The van der Waals surface area contributed by atoms with Crippen LogP contribution in [0.4, 0.5) is 10.7 Å². The number of nitriles is 1. The summed E-state index contributed by atoms with van der Waals surface area (Å²) >= 11 is 1.62. The highest BCUT2D eigenvalue weighted by molar-refractivity contribution is 7.19.